The van der Waals surface area contributed by atoms with E-state index in [-0.39, 0.29) is 6.04 Å². The quantitative estimate of drug-likeness (QED) is 0.431. The highest BCUT2D eigenvalue weighted by Gasteiger charge is 1.98. The van der Waals surface area contributed by atoms with E-state index >= 15 is 0 Å². The fraction of sp³-hybridized carbons (Fsp3) is 0.750. The van der Waals surface area contributed by atoms with E-state index < -0.39 is 0 Å². The van der Waals surface area contributed by atoms with Crippen LogP contribution in [-0.2, 0) is 9.47 Å². The summed E-state index contributed by atoms with van der Waals surface area (Å²) in [7, 11) is 3.54. The monoisotopic (exact) mass is 159 g/mol. The molecule has 1 unspecified atom stereocenters. The molecule has 0 aromatic carbocycles. The molecule has 0 rings (SSSR count). The van der Waals surface area contributed by atoms with Gasteiger partial charge in [-0.1, -0.05) is 6.08 Å². The first kappa shape index (κ1) is 10.6. The fourth-order valence-electron chi connectivity index (χ4n) is 0.622. The van der Waals surface area contributed by atoms with Crippen molar-refractivity contribution in [3.8, 4) is 0 Å². The summed E-state index contributed by atoms with van der Waals surface area (Å²) in [6.45, 7) is 5.60. The molecule has 0 fully saturated rings. The SMILES string of the molecule is C=CC(COCCOC)NC. The second kappa shape index (κ2) is 7.72. The van der Waals surface area contributed by atoms with Crippen LogP contribution in [0.5, 0.6) is 0 Å². The first-order chi connectivity index (χ1) is 5.35. The maximum absolute atomic E-state index is 5.26. The Morgan fingerprint density at radius 3 is 2.73 bits per heavy atom. The van der Waals surface area contributed by atoms with Gasteiger partial charge in [-0.05, 0) is 7.05 Å². The van der Waals surface area contributed by atoms with Crippen molar-refractivity contribution in [2.24, 2.45) is 0 Å². The largest absolute Gasteiger partial charge is 0.382 e. The molecule has 0 aliphatic heterocycles. The van der Waals surface area contributed by atoms with Crippen LogP contribution in [0.3, 0.4) is 0 Å². The van der Waals surface area contributed by atoms with Crippen molar-refractivity contribution in [2.75, 3.05) is 34.0 Å². The molecule has 0 spiro atoms. The van der Waals surface area contributed by atoms with Crippen LogP contribution in [0.1, 0.15) is 0 Å². The summed E-state index contributed by atoms with van der Waals surface area (Å²) >= 11 is 0. The first-order valence-corrected chi connectivity index (χ1v) is 3.71. The second-order valence-corrected chi connectivity index (χ2v) is 2.20. The van der Waals surface area contributed by atoms with Gasteiger partial charge >= 0.3 is 0 Å². The lowest BCUT2D eigenvalue weighted by atomic mass is 10.3. The van der Waals surface area contributed by atoms with Gasteiger partial charge < -0.3 is 14.8 Å². The van der Waals surface area contributed by atoms with Crippen molar-refractivity contribution in [1.29, 1.82) is 0 Å². The third-order valence-corrected chi connectivity index (χ3v) is 1.38. The Morgan fingerprint density at radius 1 is 1.55 bits per heavy atom. The minimum absolute atomic E-state index is 0.242. The van der Waals surface area contributed by atoms with Crippen LogP contribution in [0.25, 0.3) is 0 Å². The van der Waals surface area contributed by atoms with E-state index in [0.29, 0.717) is 19.8 Å². The molecular formula is C8H17NO2. The van der Waals surface area contributed by atoms with Crippen molar-refractivity contribution in [3.63, 3.8) is 0 Å². The number of ether oxygens (including phenoxy) is 2. The van der Waals surface area contributed by atoms with Crippen LogP contribution in [0.4, 0.5) is 0 Å². The van der Waals surface area contributed by atoms with Crippen molar-refractivity contribution in [3.05, 3.63) is 12.7 Å². The molecule has 0 bridgehead atoms. The summed E-state index contributed by atoms with van der Waals surface area (Å²) in [5, 5.41) is 3.04. The van der Waals surface area contributed by atoms with Gasteiger partial charge in [0, 0.05) is 13.2 Å². The van der Waals surface area contributed by atoms with Gasteiger partial charge in [0.05, 0.1) is 19.8 Å². The molecule has 0 aromatic heterocycles. The van der Waals surface area contributed by atoms with Gasteiger partial charge in [0.25, 0.3) is 0 Å². The lowest BCUT2D eigenvalue weighted by molar-refractivity contribution is 0.0653. The minimum atomic E-state index is 0.242. The zero-order chi connectivity index (χ0) is 8.53. The molecule has 11 heavy (non-hydrogen) atoms. The van der Waals surface area contributed by atoms with Gasteiger partial charge in [0.1, 0.15) is 0 Å². The molecule has 0 radical (unpaired) electrons. The second-order valence-electron chi connectivity index (χ2n) is 2.20. The van der Waals surface area contributed by atoms with E-state index in [4.69, 9.17) is 9.47 Å². The average Bonchev–Trinajstić information content (AvgIpc) is 2.05. The van der Waals surface area contributed by atoms with Crippen molar-refractivity contribution < 1.29 is 9.47 Å². The molecule has 0 aromatic rings. The summed E-state index contributed by atoms with van der Waals surface area (Å²) in [5.41, 5.74) is 0. The average molecular weight is 159 g/mol. The zero-order valence-corrected chi connectivity index (χ0v) is 7.30. The van der Waals surface area contributed by atoms with E-state index in [1.807, 2.05) is 13.1 Å². The highest BCUT2D eigenvalue weighted by Crippen LogP contribution is 1.85. The Labute approximate surface area is 68.4 Å². The maximum atomic E-state index is 5.26. The Kier molecular flexibility index (Phi) is 7.46. The predicted molar refractivity (Wildman–Crippen MR) is 45.7 cm³/mol. The van der Waals surface area contributed by atoms with E-state index in [0.717, 1.165) is 0 Å². The smallest absolute Gasteiger partial charge is 0.0701 e. The van der Waals surface area contributed by atoms with Crippen LogP contribution >= 0.6 is 0 Å². The summed E-state index contributed by atoms with van der Waals surface area (Å²) < 4.78 is 10.1. The maximum Gasteiger partial charge on any atom is 0.0701 e. The van der Waals surface area contributed by atoms with Gasteiger partial charge in [0.2, 0.25) is 0 Å². The number of hydrogen-bond acceptors (Lipinski definition) is 3. The highest BCUT2D eigenvalue weighted by molar-refractivity contribution is 4.83. The topological polar surface area (TPSA) is 30.5 Å². The third-order valence-electron chi connectivity index (χ3n) is 1.38. The summed E-state index contributed by atoms with van der Waals surface area (Å²) in [4.78, 5) is 0. The summed E-state index contributed by atoms with van der Waals surface area (Å²) in [5.74, 6) is 0. The molecule has 3 heteroatoms. The van der Waals surface area contributed by atoms with Gasteiger partial charge in [-0.15, -0.1) is 6.58 Å². The van der Waals surface area contributed by atoms with Crippen LogP contribution in [0.15, 0.2) is 12.7 Å². The molecule has 3 nitrogen and oxygen atoms in total. The molecule has 0 aliphatic rings. The van der Waals surface area contributed by atoms with Crippen LogP contribution in [0.2, 0.25) is 0 Å². The van der Waals surface area contributed by atoms with E-state index in [1.165, 1.54) is 0 Å². The van der Waals surface area contributed by atoms with Crippen molar-refractivity contribution in [2.45, 2.75) is 6.04 Å². The van der Waals surface area contributed by atoms with Crippen LogP contribution in [-0.4, -0.2) is 40.0 Å². The molecule has 0 saturated carbocycles. The minimum Gasteiger partial charge on any atom is -0.382 e. The number of rotatable bonds is 7. The van der Waals surface area contributed by atoms with Crippen molar-refractivity contribution in [1.82, 2.24) is 5.32 Å². The van der Waals surface area contributed by atoms with Gasteiger partial charge in [-0.3, -0.25) is 0 Å². The summed E-state index contributed by atoms with van der Waals surface area (Å²) in [6.07, 6.45) is 1.83. The summed E-state index contributed by atoms with van der Waals surface area (Å²) in [6, 6.07) is 0.242. The molecule has 0 saturated heterocycles. The lowest BCUT2D eigenvalue weighted by Gasteiger charge is -2.10. The molecule has 0 aliphatic carbocycles. The van der Waals surface area contributed by atoms with E-state index in [2.05, 4.69) is 11.9 Å². The highest BCUT2D eigenvalue weighted by atomic mass is 16.5. The predicted octanol–water partition coefficient (Wildman–Crippen LogP) is 0.423. The standard InChI is InChI=1S/C8H17NO2/c1-4-8(9-2)7-11-6-5-10-3/h4,8-9H,1,5-7H2,2-3H3. The van der Waals surface area contributed by atoms with Gasteiger partial charge in [-0.25, -0.2) is 0 Å². The third kappa shape index (κ3) is 6.04. The Hall–Kier alpha value is -0.380. The number of nitrogens with one attached hydrogen (secondary N) is 1. The molecular weight excluding hydrogens is 142 g/mol. The van der Waals surface area contributed by atoms with Gasteiger partial charge in [0.15, 0.2) is 0 Å². The van der Waals surface area contributed by atoms with Crippen LogP contribution in [0, 0.1) is 0 Å². The van der Waals surface area contributed by atoms with Crippen LogP contribution < -0.4 is 5.32 Å². The molecule has 1 atom stereocenters. The normalized spacial score (nSPS) is 12.9. The molecule has 0 amide bonds. The Balaban J connectivity index is 3.14. The van der Waals surface area contributed by atoms with Gasteiger partial charge in [-0.2, -0.15) is 0 Å². The Bertz CT molecular complexity index is 96.1. The fourth-order valence-corrected chi connectivity index (χ4v) is 0.622. The van der Waals surface area contributed by atoms with E-state index in [1.54, 1.807) is 7.11 Å². The molecule has 66 valence electrons. The lowest BCUT2D eigenvalue weighted by Crippen LogP contribution is -2.28. The first-order valence-electron chi connectivity index (χ1n) is 3.71. The Morgan fingerprint density at radius 2 is 2.27 bits per heavy atom. The molecule has 1 N–H and O–H groups in total. The zero-order valence-electron chi connectivity index (χ0n) is 7.30. The molecule has 0 heterocycles. The number of methoxy groups -OCH3 is 1. The van der Waals surface area contributed by atoms with E-state index in [9.17, 15) is 0 Å². The number of hydrogen-bond donors (Lipinski definition) is 1. The number of likely N-dealkylation sites (N-methyl/N-ethyl adjacent to an activating group) is 1. The van der Waals surface area contributed by atoms with Crippen molar-refractivity contribution >= 4 is 0 Å².